The van der Waals surface area contributed by atoms with E-state index in [1.54, 1.807) is 13.3 Å². The first kappa shape index (κ1) is 14.6. The van der Waals surface area contributed by atoms with Gasteiger partial charge in [0.15, 0.2) is 5.82 Å². The van der Waals surface area contributed by atoms with Gasteiger partial charge in [0.05, 0.1) is 19.0 Å². The molecule has 116 valence electrons. The van der Waals surface area contributed by atoms with Crippen molar-refractivity contribution in [1.82, 2.24) is 9.97 Å². The van der Waals surface area contributed by atoms with Gasteiger partial charge in [-0.2, -0.15) is 4.98 Å². The van der Waals surface area contributed by atoms with E-state index in [0.717, 1.165) is 17.1 Å². The van der Waals surface area contributed by atoms with Gasteiger partial charge in [-0.25, -0.2) is 4.98 Å². The lowest BCUT2D eigenvalue weighted by atomic mass is 10.3. The largest absolute Gasteiger partial charge is 0.497 e. The smallest absolute Gasteiger partial charge is 0.229 e. The molecule has 0 aliphatic rings. The van der Waals surface area contributed by atoms with E-state index in [1.807, 2.05) is 54.6 Å². The zero-order chi connectivity index (χ0) is 16.1. The summed E-state index contributed by atoms with van der Waals surface area (Å²) in [5.41, 5.74) is 8.19. The third kappa shape index (κ3) is 3.68. The monoisotopic (exact) mass is 307 g/mol. The molecule has 4 N–H and O–H groups in total. The van der Waals surface area contributed by atoms with Crippen molar-refractivity contribution in [2.75, 3.05) is 23.5 Å². The molecule has 0 spiro atoms. The normalized spacial score (nSPS) is 10.1. The number of para-hydroxylation sites is 1. The van der Waals surface area contributed by atoms with Gasteiger partial charge in [0.25, 0.3) is 0 Å². The molecule has 0 saturated heterocycles. The van der Waals surface area contributed by atoms with Crippen LogP contribution in [0, 0.1) is 0 Å². The lowest BCUT2D eigenvalue weighted by Gasteiger charge is -2.11. The van der Waals surface area contributed by atoms with Gasteiger partial charge in [0.2, 0.25) is 5.95 Å². The third-order valence-electron chi connectivity index (χ3n) is 3.20. The molecule has 0 bridgehead atoms. The van der Waals surface area contributed by atoms with Gasteiger partial charge in [-0.3, -0.25) is 0 Å². The topological polar surface area (TPSA) is 85.1 Å². The summed E-state index contributed by atoms with van der Waals surface area (Å²) in [7, 11) is 1.63. The molecule has 0 unspecified atom stereocenters. The number of ether oxygens (including phenoxy) is 1. The van der Waals surface area contributed by atoms with Crippen molar-refractivity contribution in [1.29, 1.82) is 0 Å². The molecule has 23 heavy (non-hydrogen) atoms. The second-order valence-corrected chi connectivity index (χ2v) is 4.84. The summed E-state index contributed by atoms with van der Waals surface area (Å²) in [6.45, 7) is 0. The summed E-state index contributed by atoms with van der Waals surface area (Å²) >= 11 is 0. The highest BCUT2D eigenvalue weighted by Gasteiger charge is 2.05. The van der Waals surface area contributed by atoms with E-state index in [2.05, 4.69) is 20.6 Å². The minimum Gasteiger partial charge on any atom is -0.497 e. The molecule has 1 aromatic heterocycles. The second kappa shape index (κ2) is 6.65. The lowest BCUT2D eigenvalue weighted by Crippen LogP contribution is -2.04. The number of nitrogens with two attached hydrogens (primary N) is 1. The van der Waals surface area contributed by atoms with E-state index in [0.29, 0.717) is 17.5 Å². The molecule has 0 fully saturated rings. The predicted octanol–water partition coefficient (Wildman–Crippen LogP) is 3.55. The van der Waals surface area contributed by atoms with Gasteiger partial charge < -0.3 is 21.1 Å². The van der Waals surface area contributed by atoms with Gasteiger partial charge in [-0.15, -0.1) is 0 Å². The first-order valence-electron chi connectivity index (χ1n) is 7.10. The molecule has 0 atom stereocenters. The van der Waals surface area contributed by atoms with Crippen LogP contribution in [-0.2, 0) is 0 Å². The van der Waals surface area contributed by atoms with Crippen LogP contribution < -0.4 is 21.1 Å². The Morgan fingerprint density at radius 2 is 1.61 bits per heavy atom. The summed E-state index contributed by atoms with van der Waals surface area (Å²) in [6.07, 6.45) is 1.57. The van der Waals surface area contributed by atoms with Crippen LogP contribution in [0.25, 0.3) is 0 Å². The van der Waals surface area contributed by atoms with E-state index >= 15 is 0 Å². The summed E-state index contributed by atoms with van der Waals surface area (Å²) in [5.74, 6) is 1.81. The van der Waals surface area contributed by atoms with Crippen LogP contribution in [0.3, 0.4) is 0 Å². The number of nitrogens with zero attached hydrogens (tertiary/aromatic N) is 2. The number of benzene rings is 2. The first-order valence-corrected chi connectivity index (χ1v) is 7.10. The van der Waals surface area contributed by atoms with Crippen molar-refractivity contribution in [3.05, 3.63) is 60.8 Å². The van der Waals surface area contributed by atoms with E-state index in [4.69, 9.17) is 10.5 Å². The summed E-state index contributed by atoms with van der Waals surface area (Å²) in [6, 6.07) is 17.2. The van der Waals surface area contributed by atoms with Gasteiger partial charge in [-0.1, -0.05) is 18.2 Å². The Kier molecular flexibility index (Phi) is 4.24. The summed E-state index contributed by atoms with van der Waals surface area (Å²) in [5, 5.41) is 6.32. The molecular weight excluding hydrogens is 290 g/mol. The molecule has 0 aliphatic heterocycles. The van der Waals surface area contributed by atoms with E-state index in [-0.39, 0.29) is 0 Å². The average Bonchev–Trinajstić information content (AvgIpc) is 2.59. The molecule has 3 aromatic rings. The number of aromatic nitrogens is 2. The van der Waals surface area contributed by atoms with Crippen molar-refractivity contribution in [3.63, 3.8) is 0 Å². The van der Waals surface area contributed by atoms with Gasteiger partial charge in [0.1, 0.15) is 5.75 Å². The van der Waals surface area contributed by atoms with Crippen molar-refractivity contribution in [2.45, 2.75) is 0 Å². The summed E-state index contributed by atoms with van der Waals surface area (Å²) in [4.78, 5) is 8.62. The van der Waals surface area contributed by atoms with E-state index in [9.17, 15) is 0 Å². The molecule has 3 rings (SSSR count). The van der Waals surface area contributed by atoms with Gasteiger partial charge in [-0.05, 0) is 36.4 Å². The quantitative estimate of drug-likeness (QED) is 0.668. The van der Waals surface area contributed by atoms with Crippen LogP contribution in [0.5, 0.6) is 5.75 Å². The standard InChI is InChI=1S/C17H17N5O/c1-23-14-9-7-13(8-10-14)21-17-19-11-15(18)16(22-17)20-12-5-3-2-4-6-12/h2-11H,18H2,1H3,(H2,19,20,21,22). The lowest BCUT2D eigenvalue weighted by molar-refractivity contribution is 0.415. The van der Waals surface area contributed by atoms with Crippen LogP contribution in [0.15, 0.2) is 60.8 Å². The van der Waals surface area contributed by atoms with Crippen LogP contribution in [-0.4, -0.2) is 17.1 Å². The SMILES string of the molecule is COc1ccc(Nc2ncc(N)c(Nc3ccccc3)n2)cc1. The first-order chi connectivity index (χ1) is 11.2. The number of nitrogens with one attached hydrogen (secondary N) is 2. The molecule has 6 nitrogen and oxygen atoms in total. The predicted molar refractivity (Wildman–Crippen MR) is 92.4 cm³/mol. The van der Waals surface area contributed by atoms with Crippen molar-refractivity contribution in [2.24, 2.45) is 0 Å². The van der Waals surface area contributed by atoms with Crippen molar-refractivity contribution in [3.8, 4) is 5.75 Å². The molecule has 1 heterocycles. The number of methoxy groups -OCH3 is 1. The van der Waals surface area contributed by atoms with E-state index < -0.39 is 0 Å². The number of anilines is 5. The number of nitrogen functional groups attached to an aromatic ring is 1. The highest BCUT2D eigenvalue weighted by molar-refractivity contribution is 5.69. The highest BCUT2D eigenvalue weighted by Crippen LogP contribution is 2.23. The van der Waals surface area contributed by atoms with Crippen LogP contribution in [0.2, 0.25) is 0 Å². The number of hydrogen-bond donors (Lipinski definition) is 3. The maximum Gasteiger partial charge on any atom is 0.229 e. The van der Waals surface area contributed by atoms with Crippen molar-refractivity contribution < 1.29 is 4.74 Å². The molecule has 0 radical (unpaired) electrons. The minimum absolute atomic E-state index is 0.461. The minimum atomic E-state index is 0.461. The van der Waals surface area contributed by atoms with Crippen LogP contribution in [0.1, 0.15) is 0 Å². The van der Waals surface area contributed by atoms with Gasteiger partial charge >= 0.3 is 0 Å². The Morgan fingerprint density at radius 1 is 0.913 bits per heavy atom. The third-order valence-corrected chi connectivity index (χ3v) is 3.20. The maximum atomic E-state index is 5.94. The zero-order valence-electron chi connectivity index (χ0n) is 12.7. The zero-order valence-corrected chi connectivity index (χ0v) is 12.7. The fourth-order valence-corrected chi connectivity index (χ4v) is 2.01. The molecule has 6 heteroatoms. The van der Waals surface area contributed by atoms with Crippen molar-refractivity contribution >= 4 is 28.8 Å². The molecule has 0 saturated carbocycles. The Morgan fingerprint density at radius 3 is 2.30 bits per heavy atom. The Bertz CT molecular complexity index is 775. The fourth-order valence-electron chi connectivity index (χ4n) is 2.01. The molecule has 2 aromatic carbocycles. The Hall–Kier alpha value is -3.28. The second-order valence-electron chi connectivity index (χ2n) is 4.84. The van der Waals surface area contributed by atoms with E-state index in [1.165, 1.54) is 0 Å². The molecule has 0 aliphatic carbocycles. The Balaban J connectivity index is 1.79. The number of rotatable bonds is 5. The average molecular weight is 307 g/mol. The van der Waals surface area contributed by atoms with Gasteiger partial charge in [0, 0.05) is 11.4 Å². The summed E-state index contributed by atoms with van der Waals surface area (Å²) < 4.78 is 5.14. The molecular formula is C17H17N5O. The molecule has 0 amide bonds. The highest BCUT2D eigenvalue weighted by atomic mass is 16.5. The maximum absolute atomic E-state index is 5.94. The number of hydrogen-bond acceptors (Lipinski definition) is 6. The van der Waals surface area contributed by atoms with Crippen LogP contribution >= 0.6 is 0 Å². The Labute approximate surface area is 134 Å². The fraction of sp³-hybridized carbons (Fsp3) is 0.0588. The van der Waals surface area contributed by atoms with Crippen LogP contribution in [0.4, 0.5) is 28.8 Å².